The molecule has 3 N–H and O–H groups in total. The Morgan fingerprint density at radius 1 is 1.30 bits per heavy atom. The summed E-state index contributed by atoms with van der Waals surface area (Å²) in [4.78, 5) is 12.3. The lowest BCUT2D eigenvalue weighted by molar-refractivity contribution is 0.209. The number of hydrogen-bond donors (Lipinski definition) is 3. The lowest BCUT2D eigenvalue weighted by atomic mass is 9.99. The van der Waals surface area contributed by atoms with Crippen LogP contribution in [0.25, 0.3) is 0 Å². The normalized spacial score (nSPS) is 26.3. The molecule has 1 fully saturated rings. The number of aliphatic hydroxyl groups is 1. The SMILES string of the molecule is O=C(NC1CCCC1CCO)N[C@H]1CCOc2c(F)cccc21. The van der Waals surface area contributed by atoms with Crippen molar-refractivity contribution in [1.29, 1.82) is 0 Å². The second-order valence-corrected chi connectivity index (χ2v) is 6.28. The molecule has 3 rings (SSSR count). The number of fused-ring (bicyclic) bond motifs is 1. The predicted octanol–water partition coefficient (Wildman–Crippen LogP) is 2.50. The van der Waals surface area contributed by atoms with Gasteiger partial charge in [-0.3, -0.25) is 0 Å². The summed E-state index contributed by atoms with van der Waals surface area (Å²) in [5.41, 5.74) is 0.685. The standard InChI is InChI=1S/C17H23FN2O3/c18-13-5-2-4-12-15(8-10-23-16(12)13)20-17(22)19-14-6-1-3-11(14)7-9-21/h2,4-5,11,14-15,21H,1,3,6-10H2,(H2,19,20,22)/t11?,14?,15-/m0/s1. The Hall–Kier alpha value is -1.82. The van der Waals surface area contributed by atoms with E-state index in [9.17, 15) is 9.18 Å². The summed E-state index contributed by atoms with van der Waals surface area (Å²) in [7, 11) is 0. The Labute approximate surface area is 135 Å². The molecule has 1 aliphatic carbocycles. The maximum atomic E-state index is 13.8. The molecular formula is C17H23FN2O3. The van der Waals surface area contributed by atoms with E-state index in [4.69, 9.17) is 9.84 Å². The van der Waals surface area contributed by atoms with Crippen LogP contribution in [0, 0.1) is 11.7 Å². The number of aliphatic hydroxyl groups excluding tert-OH is 1. The number of urea groups is 1. The average Bonchev–Trinajstić information content (AvgIpc) is 2.96. The predicted molar refractivity (Wildman–Crippen MR) is 83.8 cm³/mol. The first-order valence-corrected chi connectivity index (χ1v) is 8.28. The Balaban J connectivity index is 1.62. The molecule has 1 aromatic carbocycles. The summed E-state index contributed by atoms with van der Waals surface area (Å²) in [6.07, 6.45) is 4.39. The second kappa shape index (κ2) is 7.17. The molecule has 0 aromatic heterocycles. The van der Waals surface area contributed by atoms with Gasteiger partial charge in [0.2, 0.25) is 0 Å². The van der Waals surface area contributed by atoms with Crippen LogP contribution in [0.15, 0.2) is 18.2 Å². The molecule has 2 aliphatic rings. The summed E-state index contributed by atoms with van der Waals surface area (Å²) in [5.74, 6) is 0.182. The summed E-state index contributed by atoms with van der Waals surface area (Å²) < 4.78 is 19.1. The van der Waals surface area contributed by atoms with E-state index in [1.807, 2.05) is 0 Å². The monoisotopic (exact) mass is 322 g/mol. The fourth-order valence-corrected chi connectivity index (χ4v) is 3.64. The van der Waals surface area contributed by atoms with Gasteiger partial charge in [-0.15, -0.1) is 0 Å². The molecule has 2 amide bonds. The quantitative estimate of drug-likeness (QED) is 0.797. The van der Waals surface area contributed by atoms with E-state index in [1.165, 1.54) is 6.07 Å². The van der Waals surface area contributed by atoms with E-state index in [0.29, 0.717) is 24.5 Å². The summed E-state index contributed by atoms with van der Waals surface area (Å²) in [6.45, 7) is 0.534. The van der Waals surface area contributed by atoms with E-state index in [2.05, 4.69) is 10.6 Å². The van der Waals surface area contributed by atoms with Crippen molar-refractivity contribution in [2.45, 2.75) is 44.2 Å². The molecule has 23 heavy (non-hydrogen) atoms. The number of para-hydroxylation sites is 1. The van der Waals surface area contributed by atoms with Crippen LogP contribution in [0.3, 0.4) is 0 Å². The number of hydrogen-bond acceptors (Lipinski definition) is 3. The van der Waals surface area contributed by atoms with Gasteiger partial charge in [-0.1, -0.05) is 18.6 Å². The summed E-state index contributed by atoms with van der Waals surface area (Å²) in [5, 5.41) is 15.0. The number of benzene rings is 1. The minimum absolute atomic E-state index is 0.106. The zero-order chi connectivity index (χ0) is 16.2. The van der Waals surface area contributed by atoms with Crippen molar-refractivity contribution in [1.82, 2.24) is 10.6 Å². The van der Waals surface area contributed by atoms with E-state index in [-0.39, 0.29) is 30.5 Å². The van der Waals surface area contributed by atoms with Crippen LogP contribution in [-0.4, -0.2) is 30.4 Å². The van der Waals surface area contributed by atoms with Gasteiger partial charge in [0, 0.05) is 24.6 Å². The zero-order valence-electron chi connectivity index (χ0n) is 13.1. The van der Waals surface area contributed by atoms with E-state index >= 15 is 0 Å². The van der Waals surface area contributed by atoms with Gasteiger partial charge in [0.15, 0.2) is 11.6 Å². The number of rotatable bonds is 4. The summed E-state index contributed by atoms with van der Waals surface area (Å²) in [6, 6.07) is 4.40. The smallest absolute Gasteiger partial charge is 0.315 e. The second-order valence-electron chi connectivity index (χ2n) is 6.28. The largest absolute Gasteiger partial charge is 0.490 e. The highest BCUT2D eigenvalue weighted by Crippen LogP contribution is 2.34. The highest BCUT2D eigenvalue weighted by atomic mass is 19.1. The Bertz CT molecular complexity index is 567. The Morgan fingerprint density at radius 3 is 3.00 bits per heavy atom. The van der Waals surface area contributed by atoms with Crippen molar-refractivity contribution in [2.75, 3.05) is 13.2 Å². The molecule has 0 saturated heterocycles. The van der Waals surface area contributed by atoms with Gasteiger partial charge in [-0.25, -0.2) is 9.18 Å². The third kappa shape index (κ3) is 3.58. The third-order valence-corrected chi connectivity index (χ3v) is 4.81. The van der Waals surface area contributed by atoms with E-state index in [1.54, 1.807) is 12.1 Å². The van der Waals surface area contributed by atoms with Gasteiger partial charge in [0.1, 0.15) is 0 Å². The molecule has 0 spiro atoms. The number of carbonyl (C=O) groups is 1. The van der Waals surface area contributed by atoms with Crippen molar-refractivity contribution >= 4 is 6.03 Å². The number of carbonyl (C=O) groups excluding carboxylic acids is 1. The molecule has 0 radical (unpaired) electrons. The van der Waals surface area contributed by atoms with Crippen molar-refractivity contribution in [3.8, 4) is 5.75 Å². The first kappa shape index (κ1) is 16.1. The van der Waals surface area contributed by atoms with Gasteiger partial charge in [-0.2, -0.15) is 0 Å². The van der Waals surface area contributed by atoms with Gasteiger partial charge in [0.05, 0.1) is 12.6 Å². The van der Waals surface area contributed by atoms with Crippen molar-refractivity contribution in [3.05, 3.63) is 29.6 Å². The van der Waals surface area contributed by atoms with Crippen molar-refractivity contribution in [3.63, 3.8) is 0 Å². The van der Waals surface area contributed by atoms with Crippen LogP contribution in [0.2, 0.25) is 0 Å². The maximum Gasteiger partial charge on any atom is 0.315 e. The molecule has 126 valence electrons. The van der Waals surface area contributed by atoms with Gasteiger partial charge >= 0.3 is 6.03 Å². The third-order valence-electron chi connectivity index (χ3n) is 4.81. The fourth-order valence-electron chi connectivity index (χ4n) is 3.64. The Morgan fingerprint density at radius 2 is 2.17 bits per heavy atom. The van der Waals surface area contributed by atoms with Crippen LogP contribution in [0.4, 0.5) is 9.18 Å². The number of ether oxygens (including phenoxy) is 1. The maximum absolute atomic E-state index is 13.8. The minimum atomic E-state index is -0.395. The Kier molecular flexibility index (Phi) is 5.00. The molecule has 6 heteroatoms. The highest BCUT2D eigenvalue weighted by molar-refractivity contribution is 5.75. The molecule has 0 bridgehead atoms. The minimum Gasteiger partial charge on any atom is -0.490 e. The van der Waals surface area contributed by atoms with Crippen molar-refractivity contribution in [2.24, 2.45) is 5.92 Å². The average molecular weight is 322 g/mol. The number of amides is 2. The highest BCUT2D eigenvalue weighted by Gasteiger charge is 2.30. The molecule has 5 nitrogen and oxygen atoms in total. The molecule has 1 heterocycles. The number of nitrogens with one attached hydrogen (secondary N) is 2. The molecule has 3 atom stereocenters. The molecular weight excluding hydrogens is 299 g/mol. The van der Waals surface area contributed by atoms with E-state index in [0.717, 1.165) is 25.7 Å². The molecule has 2 unspecified atom stereocenters. The van der Waals surface area contributed by atoms with Gasteiger partial charge < -0.3 is 20.5 Å². The molecule has 1 aliphatic heterocycles. The van der Waals surface area contributed by atoms with Crippen LogP contribution in [0.1, 0.15) is 43.7 Å². The van der Waals surface area contributed by atoms with Crippen LogP contribution >= 0.6 is 0 Å². The van der Waals surface area contributed by atoms with Crippen LogP contribution in [-0.2, 0) is 0 Å². The number of halogens is 1. The van der Waals surface area contributed by atoms with Crippen molar-refractivity contribution < 1.29 is 19.0 Å². The first-order valence-electron chi connectivity index (χ1n) is 8.28. The van der Waals surface area contributed by atoms with Gasteiger partial charge in [0.25, 0.3) is 0 Å². The van der Waals surface area contributed by atoms with Crippen LogP contribution in [0.5, 0.6) is 5.75 Å². The fraction of sp³-hybridized carbons (Fsp3) is 0.588. The first-order chi connectivity index (χ1) is 11.2. The van der Waals surface area contributed by atoms with Crippen LogP contribution < -0.4 is 15.4 Å². The molecule has 1 saturated carbocycles. The topological polar surface area (TPSA) is 70.6 Å². The molecule has 1 aromatic rings. The van der Waals surface area contributed by atoms with Gasteiger partial charge in [-0.05, 0) is 31.2 Å². The zero-order valence-corrected chi connectivity index (χ0v) is 13.1. The lowest BCUT2D eigenvalue weighted by Gasteiger charge is -2.28. The summed E-state index contributed by atoms with van der Waals surface area (Å²) >= 11 is 0. The van der Waals surface area contributed by atoms with E-state index < -0.39 is 5.82 Å². The lowest BCUT2D eigenvalue weighted by Crippen LogP contribution is -2.45.